The predicted octanol–water partition coefficient (Wildman–Crippen LogP) is 1.22. The number of nitrogens with zero attached hydrogens (tertiary/aromatic N) is 1. The van der Waals surface area contributed by atoms with Crippen LogP contribution >= 0.6 is 0 Å². The first-order chi connectivity index (χ1) is 7.43. The molecule has 0 atom stereocenters. The van der Waals surface area contributed by atoms with E-state index < -0.39 is 0 Å². The monoisotopic (exact) mass is 232 g/mol. The fraction of sp³-hybridized carbons (Fsp3) is 0.909. The van der Waals surface area contributed by atoms with Crippen LogP contribution in [0.1, 0.15) is 27.7 Å². The summed E-state index contributed by atoms with van der Waals surface area (Å²) in [5.74, 6) is 0. The molecule has 0 unspecified atom stereocenters. The van der Waals surface area contributed by atoms with Crippen molar-refractivity contribution < 1.29 is 14.3 Å². The zero-order chi connectivity index (χ0) is 12.6. The van der Waals surface area contributed by atoms with E-state index in [0.717, 1.165) is 0 Å². The highest BCUT2D eigenvalue weighted by Gasteiger charge is 2.25. The molecule has 96 valence electrons. The number of hydrogen-bond donors (Lipinski definition) is 1. The molecule has 0 spiro atoms. The minimum absolute atomic E-state index is 0.218. The largest absolute Gasteiger partial charge is 0.447 e. The van der Waals surface area contributed by atoms with Gasteiger partial charge in [0, 0.05) is 18.6 Å². The minimum atomic E-state index is -0.300. The molecule has 0 bridgehead atoms. The SMILES string of the molecule is CCN(C(=O)OCCOCCN)C(C)(C)C. The van der Waals surface area contributed by atoms with Crippen molar-refractivity contribution in [2.24, 2.45) is 5.73 Å². The molecule has 0 saturated heterocycles. The van der Waals surface area contributed by atoms with Gasteiger partial charge in [-0.3, -0.25) is 0 Å². The number of ether oxygens (including phenoxy) is 2. The van der Waals surface area contributed by atoms with E-state index in [0.29, 0.717) is 26.3 Å². The summed E-state index contributed by atoms with van der Waals surface area (Å²) in [5.41, 5.74) is 5.04. The van der Waals surface area contributed by atoms with Gasteiger partial charge in [-0.2, -0.15) is 0 Å². The zero-order valence-electron chi connectivity index (χ0n) is 10.8. The predicted molar refractivity (Wildman–Crippen MR) is 63.4 cm³/mol. The summed E-state index contributed by atoms with van der Waals surface area (Å²) >= 11 is 0. The Bertz CT molecular complexity index is 202. The van der Waals surface area contributed by atoms with Crippen LogP contribution in [0, 0.1) is 0 Å². The minimum Gasteiger partial charge on any atom is -0.447 e. The van der Waals surface area contributed by atoms with Crippen molar-refractivity contribution in [2.45, 2.75) is 33.2 Å². The lowest BCUT2D eigenvalue weighted by Crippen LogP contribution is -2.45. The molecule has 2 N–H and O–H groups in total. The summed E-state index contributed by atoms with van der Waals surface area (Å²) in [5, 5.41) is 0. The number of nitrogens with two attached hydrogens (primary N) is 1. The van der Waals surface area contributed by atoms with Gasteiger partial charge in [0.25, 0.3) is 0 Å². The summed E-state index contributed by atoms with van der Waals surface area (Å²) < 4.78 is 10.2. The summed E-state index contributed by atoms with van der Waals surface area (Å²) in [6.07, 6.45) is -0.300. The Balaban J connectivity index is 3.86. The Hall–Kier alpha value is -0.810. The molecular formula is C11H24N2O3. The highest BCUT2D eigenvalue weighted by Crippen LogP contribution is 2.13. The molecule has 0 aliphatic heterocycles. The fourth-order valence-corrected chi connectivity index (χ4v) is 1.33. The van der Waals surface area contributed by atoms with Crippen LogP contribution in [-0.2, 0) is 9.47 Å². The molecule has 1 amide bonds. The molecule has 5 heteroatoms. The van der Waals surface area contributed by atoms with Gasteiger partial charge in [-0.15, -0.1) is 0 Å². The number of carbonyl (C=O) groups is 1. The maximum absolute atomic E-state index is 11.7. The van der Waals surface area contributed by atoms with E-state index >= 15 is 0 Å². The standard InChI is InChI=1S/C11H24N2O3/c1-5-13(11(2,3)4)10(14)16-9-8-15-7-6-12/h5-9,12H2,1-4H3. The van der Waals surface area contributed by atoms with Gasteiger partial charge in [0.15, 0.2) is 0 Å². The van der Waals surface area contributed by atoms with Crippen LogP contribution in [0.5, 0.6) is 0 Å². The lowest BCUT2D eigenvalue weighted by atomic mass is 10.1. The first-order valence-electron chi connectivity index (χ1n) is 5.65. The van der Waals surface area contributed by atoms with Crippen LogP contribution in [0.4, 0.5) is 4.79 Å². The molecule has 16 heavy (non-hydrogen) atoms. The van der Waals surface area contributed by atoms with Crippen LogP contribution in [-0.4, -0.2) is 49.4 Å². The maximum Gasteiger partial charge on any atom is 0.410 e. The molecule has 0 aliphatic carbocycles. The molecule has 0 aromatic rings. The van der Waals surface area contributed by atoms with E-state index in [1.165, 1.54) is 0 Å². The Labute approximate surface area is 97.9 Å². The summed E-state index contributed by atoms with van der Waals surface area (Å²) in [6.45, 7) is 10.1. The molecule has 0 heterocycles. The van der Waals surface area contributed by atoms with Crippen molar-refractivity contribution in [3.63, 3.8) is 0 Å². The van der Waals surface area contributed by atoms with E-state index in [1.54, 1.807) is 4.90 Å². The Morgan fingerprint density at radius 1 is 1.25 bits per heavy atom. The number of carbonyl (C=O) groups excluding carboxylic acids is 1. The van der Waals surface area contributed by atoms with Crippen molar-refractivity contribution in [2.75, 3.05) is 32.9 Å². The van der Waals surface area contributed by atoms with Crippen molar-refractivity contribution in [1.82, 2.24) is 4.90 Å². The van der Waals surface area contributed by atoms with E-state index in [2.05, 4.69) is 0 Å². The van der Waals surface area contributed by atoms with Gasteiger partial charge in [0.1, 0.15) is 6.61 Å². The average Bonchev–Trinajstić information content (AvgIpc) is 2.16. The third-order valence-electron chi connectivity index (χ3n) is 2.06. The summed E-state index contributed by atoms with van der Waals surface area (Å²) in [7, 11) is 0. The third-order valence-corrected chi connectivity index (χ3v) is 2.06. The fourth-order valence-electron chi connectivity index (χ4n) is 1.33. The number of rotatable bonds is 6. The summed E-state index contributed by atoms with van der Waals surface area (Å²) in [4.78, 5) is 13.4. The lowest BCUT2D eigenvalue weighted by Gasteiger charge is -2.33. The van der Waals surface area contributed by atoms with Crippen molar-refractivity contribution in [1.29, 1.82) is 0 Å². The number of amides is 1. The van der Waals surface area contributed by atoms with Crippen LogP contribution in [0.15, 0.2) is 0 Å². The second-order valence-corrected chi connectivity index (χ2v) is 4.43. The van der Waals surface area contributed by atoms with E-state index in [-0.39, 0.29) is 18.2 Å². The van der Waals surface area contributed by atoms with Gasteiger partial charge >= 0.3 is 6.09 Å². The third kappa shape index (κ3) is 5.92. The van der Waals surface area contributed by atoms with E-state index in [1.807, 2.05) is 27.7 Å². The highest BCUT2D eigenvalue weighted by molar-refractivity contribution is 5.68. The van der Waals surface area contributed by atoms with Crippen LogP contribution in [0.3, 0.4) is 0 Å². The van der Waals surface area contributed by atoms with Gasteiger partial charge in [0.2, 0.25) is 0 Å². The smallest absolute Gasteiger partial charge is 0.410 e. The zero-order valence-corrected chi connectivity index (χ0v) is 10.8. The number of hydrogen-bond acceptors (Lipinski definition) is 4. The van der Waals surface area contributed by atoms with Gasteiger partial charge in [0.05, 0.1) is 13.2 Å². The lowest BCUT2D eigenvalue weighted by molar-refractivity contribution is 0.0408. The van der Waals surface area contributed by atoms with Crippen LogP contribution in [0.2, 0.25) is 0 Å². The Kier molecular flexibility index (Phi) is 7.08. The van der Waals surface area contributed by atoms with E-state index in [9.17, 15) is 4.79 Å². The maximum atomic E-state index is 11.7. The Morgan fingerprint density at radius 2 is 1.88 bits per heavy atom. The molecular weight excluding hydrogens is 208 g/mol. The topological polar surface area (TPSA) is 64.8 Å². The molecule has 0 aromatic heterocycles. The molecule has 0 saturated carbocycles. The molecule has 0 aromatic carbocycles. The van der Waals surface area contributed by atoms with Gasteiger partial charge in [-0.1, -0.05) is 0 Å². The van der Waals surface area contributed by atoms with E-state index in [4.69, 9.17) is 15.2 Å². The summed E-state index contributed by atoms with van der Waals surface area (Å²) in [6, 6.07) is 0. The van der Waals surface area contributed by atoms with Crippen molar-refractivity contribution >= 4 is 6.09 Å². The molecule has 0 rings (SSSR count). The molecule has 0 aliphatic rings. The second-order valence-electron chi connectivity index (χ2n) is 4.43. The molecule has 0 fully saturated rings. The first kappa shape index (κ1) is 15.2. The van der Waals surface area contributed by atoms with Crippen molar-refractivity contribution in [3.8, 4) is 0 Å². The van der Waals surface area contributed by atoms with Crippen molar-refractivity contribution in [3.05, 3.63) is 0 Å². The Morgan fingerprint density at radius 3 is 2.31 bits per heavy atom. The highest BCUT2D eigenvalue weighted by atomic mass is 16.6. The second kappa shape index (κ2) is 7.46. The van der Waals surface area contributed by atoms with Gasteiger partial charge in [-0.05, 0) is 27.7 Å². The quantitative estimate of drug-likeness (QED) is 0.699. The molecule has 0 radical (unpaired) electrons. The van der Waals surface area contributed by atoms with Gasteiger partial charge in [-0.25, -0.2) is 4.79 Å². The first-order valence-corrected chi connectivity index (χ1v) is 5.65. The average molecular weight is 232 g/mol. The van der Waals surface area contributed by atoms with Crippen LogP contribution < -0.4 is 5.73 Å². The van der Waals surface area contributed by atoms with Crippen LogP contribution in [0.25, 0.3) is 0 Å². The van der Waals surface area contributed by atoms with Gasteiger partial charge < -0.3 is 20.1 Å². The normalized spacial score (nSPS) is 11.3. The molecule has 5 nitrogen and oxygen atoms in total.